The summed E-state index contributed by atoms with van der Waals surface area (Å²) in [4.78, 5) is 13.9. The highest BCUT2D eigenvalue weighted by atomic mass is 28.3. The zero-order valence-corrected chi connectivity index (χ0v) is 35.4. The molecule has 5 heteroatoms. The monoisotopic (exact) mass is 820 g/mol. The molecule has 2 aliphatic heterocycles. The summed E-state index contributed by atoms with van der Waals surface area (Å²) < 4.78 is 0. The lowest BCUT2D eigenvalue weighted by Gasteiger charge is -2.32. The van der Waals surface area contributed by atoms with Gasteiger partial charge in [-0.1, -0.05) is 133 Å². The molecule has 0 saturated heterocycles. The maximum absolute atomic E-state index is 4.57. The molecule has 0 saturated carbocycles. The largest absolute Gasteiger partial charge is 0.311 e. The molecule has 63 heavy (non-hydrogen) atoms. The van der Waals surface area contributed by atoms with Crippen molar-refractivity contribution in [1.82, 2.24) is 9.97 Å². The average molecular weight is 821 g/mol. The minimum absolute atomic E-state index is 1.11. The van der Waals surface area contributed by atoms with Crippen LogP contribution >= 0.6 is 0 Å². The lowest BCUT2D eigenvalue weighted by atomic mass is 9.99. The molecule has 0 atom stereocenters. The van der Waals surface area contributed by atoms with E-state index in [1.807, 2.05) is 36.9 Å². The Kier molecular flexibility index (Phi) is 8.80. The maximum Gasteiger partial charge on any atom is 0.182 e. The second kappa shape index (κ2) is 15.1. The third kappa shape index (κ3) is 5.97. The lowest BCUT2D eigenvalue weighted by Crippen LogP contribution is -2.70. The molecule has 4 nitrogen and oxygen atoms in total. The average Bonchev–Trinajstić information content (AvgIpc) is 3.82. The summed E-state index contributed by atoms with van der Waals surface area (Å²) in [6.07, 6.45) is 7.68. The Bertz CT molecular complexity index is 2970. The minimum atomic E-state index is -3.13. The lowest BCUT2D eigenvalue weighted by molar-refractivity contribution is 1.29. The molecule has 4 heterocycles. The predicted molar refractivity (Wildman–Crippen MR) is 264 cm³/mol. The summed E-state index contributed by atoms with van der Waals surface area (Å²) in [5.74, 6) is 0. The van der Waals surface area contributed by atoms with Gasteiger partial charge in [0.05, 0.1) is 0 Å². The Morgan fingerprint density at radius 2 is 0.603 bits per heavy atom. The molecule has 2 aliphatic rings. The van der Waals surface area contributed by atoms with Crippen molar-refractivity contribution in [2.75, 3.05) is 9.80 Å². The van der Waals surface area contributed by atoms with Gasteiger partial charge < -0.3 is 9.80 Å². The van der Waals surface area contributed by atoms with Gasteiger partial charge in [-0.15, -0.1) is 0 Å². The zero-order valence-electron chi connectivity index (χ0n) is 34.4. The Morgan fingerprint density at radius 3 is 0.937 bits per heavy atom. The standard InChI is InChI=1S/C58H40N4Si/c1-5-17-45(18-6-1)61(46-19-7-2-8-20-46)49-27-31-53-54-32-28-50(62(47-21-9-3-10-22-47)48-23-11-4-12-24-48)38-58(54)63(57(53)37-49)55-35-41(43-15-13-33-59-39-43)25-29-51(55)52-30-26-42(36-56(52)63)44-16-14-34-60-40-44/h1-40H. The third-order valence-electron chi connectivity index (χ3n) is 12.8. The van der Waals surface area contributed by atoms with Crippen LogP contribution in [0.5, 0.6) is 0 Å². The van der Waals surface area contributed by atoms with Gasteiger partial charge in [0.2, 0.25) is 0 Å². The van der Waals surface area contributed by atoms with Crippen molar-refractivity contribution >= 4 is 62.9 Å². The van der Waals surface area contributed by atoms with Crippen molar-refractivity contribution in [3.8, 4) is 44.5 Å². The van der Waals surface area contributed by atoms with Gasteiger partial charge in [-0.05, 0) is 150 Å². The SMILES string of the molecule is c1ccc(N(c2ccccc2)c2ccc3c(c2)[Si]2(c4cc(-c5cccnc5)ccc4-c4ccc(-c5cccnc5)cc42)c2cc(N(c4ccccc4)c4ccccc4)ccc2-3)cc1. The Balaban J connectivity index is 1.19. The molecular weight excluding hydrogens is 781 g/mol. The molecule has 2 aromatic heterocycles. The maximum atomic E-state index is 4.57. The molecule has 0 radical (unpaired) electrons. The topological polar surface area (TPSA) is 32.3 Å². The van der Waals surface area contributed by atoms with Crippen molar-refractivity contribution in [3.63, 3.8) is 0 Å². The predicted octanol–water partition coefficient (Wildman–Crippen LogP) is 12.1. The van der Waals surface area contributed by atoms with E-state index in [9.17, 15) is 0 Å². The summed E-state index contributed by atoms with van der Waals surface area (Å²) >= 11 is 0. The number of benzene rings is 8. The summed E-state index contributed by atoms with van der Waals surface area (Å²) in [5, 5.41) is 5.57. The van der Waals surface area contributed by atoms with Crippen molar-refractivity contribution in [2.45, 2.75) is 0 Å². The van der Waals surface area contributed by atoms with Gasteiger partial charge in [0.1, 0.15) is 0 Å². The normalized spacial score (nSPS) is 12.6. The molecule has 296 valence electrons. The number of hydrogen-bond donors (Lipinski definition) is 0. The number of rotatable bonds is 8. The highest BCUT2D eigenvalue weighted by molar-refractivity contribution is 7.24. The van der Waals surface area contributed by atoms with Crippen LogP contribution in [0.25, 0.3) is 44.5 Å². The number of nitrogens with zero attached hydrogens (tertiary/aromatic N) is 4. The smallest absolute Gasteiger partial charge is 0.182 e. The van der Waals surface area contributed by atoms with E-state index >= 15 is 0 Å². The van der Waals surface area contributed by atoms with Gasteiger partial charge in [0.15, 0.2) is 8.07 Å². The second-order valence-electron chi connectivity index (χ2n) is 16.2. The van der Waals surface area contributed by atoms with Crippen LogP contribution in [0.2, 0.25) is 0 Å². The first-order valence-corrected chi connectivity index (χ1v) is 23.5. The van der Waals surface area contributed by atoms with E-state index in [0.717, 1.165) is 45.3 Å². The minimum Gasteiger partial charge on any atom is -0.311 e. The van der Waals surface area contributed by atoms with Crippen molar-refractivity contribution < 1.29 is 0 Å². The van der Waals surface area contributed by atoms with Gasteiger partial charge in [0.25, 0.3) is 0 Å². The fourth-order valence-electron chi connectivity index (χ4n) is 10.1. The van der Waals surface area contributed by atoms with Crippen LogP contribution in [0.1, 0.15) is 0 Å². The molecule has 0 unspecified atom stereocenters. The molecule has 12 rings (SSSR count). The molecule has 0 fully saturated rings. The fourth-order valence-corrected chi connectivity index (χ4v) is 15.8. The Morgan fingerprint density at radius 1 is 0.270 bits per heavy atom. The molecule has 1 spiro atoms. The van der Waals surface area contributed by atoms with E-state index in [1.54, 1.807) is 0 Å². The van der Waals surface area contributed by atoms with Gasteiger partial charge >= 0.3 is 0 Å². The van der Waals surface area contributed by atoms with E-state index in [2.05, 4.69) is 226 Å². The summed E-state index contributed by atoms with van der Waals surface area (Å²) in [6, 6.07) is 80.2. The van der Waals surface area contributed by atoms with Crippen LogP contribution in [0, 0.1) is 0 Å². The Hall–Kier alpha value is -8.12. The van der Waals surface area contributed by atoms with Crippen molar-refractivity contribution in [3.05, 3.63) is 243 Å². The molecule has 0 aliphatic carbocycles. The first-order chi connectivity index (χ1) is 31.3. The van der Waals surface area contributed by atoms with E-state index in [0.29, 0.717) is 0 Å². The van der Waals surface area contributed by atoms with E-state index in [-0.39, 0.29) is 0 Å². The van der Waals surface area contributed by atoms with Crippen LogP contribution in [-0.4, -0.2) is 18.0 Å². The number of para-hydroxylation sites is 4. The van der Waals surface area contributed by atoms with Crippen molar-refractivity contribution in [2.24, 2.45) is 0 Å². The van der Waals surface area contributed by atoms with Gasteiger partial charge in [0, 0.05) is 58.9 Å². The van der Waals surface area contributed by atoms with Crippen LogP contribution in [-0.2, 0) is 0 Å². The Labute approximate surface area is 368 Å². The van der Waals surface area contributed by atoms with E-state index < -0.39 is 8.07 Å². The number of aromatic nitrogens is 2. The van der Waals surface area contributed by atoms with E-state index in [1.165, 1.54) is 54.1 Å². The van der Waals surface area contributed by atoms with E-state index in [4.69, 9.17) is 0 Å². The summed E-state index contributed by atoms with van der Waals surface area (Å²) in [6.45, 7) is 0. The fraction of sp³-hybridized carbons (Fsp3) is 0. The molecule has 0 N–H and O–H groups in total. The first kappa shape index (κ1) is 36.7. The third-order valence-corrected chi connectivity index (χ3v) is 17.7. The molecule has 10 aromatic rings. The van der Waals surface area contributed by atoms with Crippen LogP contribution in [0.15, 0.2) is 243 Å². The summed E-state index contributed by atoms with van der Waals surface area (Å²) in [7, 11) is -3.13. The molecule has 0 bridgehead atoms. The van der Waals surface area contributed by atoms with Gasteiger partial charge in [-0.25, -0.2) is 0 Å². The van der Waals surface area contributed by atoms with Gasteiger partial charge in [-0.3, -0.25) is 9.97 Å². The zero-order chi connectivity index (χ0) is 41.7. The first-order valence-electron chi connectivity index (χ1n) is 21.5. The second-order valence-corrected chi connectivity index (χ2v) is 19.9. The number of hydrogen-bond acceptors (Lipinski definition) is 4. The summed E-state index contributed by atoms with van der Waals surface area (Å²) in [5.41, 5.74) is 16.4. The van der Waals surface area contributed by atoms with Crippen LogP contribution < -0.4 is 30.5 Å². The van der Waals surface area contributed by atoms with Crippen LogP contribution in [0.3, 0.4) is 0 Å². The molecule has 8 aromatic carbocycles. The number of pyridine rings is 2. The van der Waals surface area contributed by atoms with Crippen LogP contribution in [0.4, 0.5) is 34.1 Å². The number of fused-ring (bicyclic) bond motifs is 10. The molecular formula is C58H40N4Si. The highest BCUT2D eigenvalue weighted by Gasteiger charge is 2.55. The molecule has 0 amide bonds. The highest BCUT2D eigenvalue weighted by Crippen LogP contribution is 2.43. The van der Waals surface area contributed by atoms with Gasteiger partial charge in [-0.2, -0.15) is 0 Å². The van der Waals surface area contributed by atoms with Crippen molar-refractivity contribution in [1.29, 1.82) is 0 Å². The quantitative estimate of drug-likeness (QED) is 0.143. The number of anilines is 6.